The predicted molar refractivity (Wildman–Crippen MR) is 69.0 cm³/mol. The summed E-state index contributed by atoms with van der Waals surface area (Å²) in [4.78, 5) is 2.55. The first-order valence-electron chi connectivity index (χ1n) is 7.17. The fraction of sp³-hybridized carbons (Fsp3) is 1.00. The SMILES string of the molecule is COC(C)CN1CCCC1C1CCCCC1O. The van der Waals surface area contributed by atoms with E-state index in [1.807, 2.05) is 0 Å². The van der Waals surface area contributed by atoms with E-state index in [0.29, 0.717) is 18.1 Å². The number of hydrogen-bond acceptors (Lipinski definition) is 3. The molecule has 1 N–H and O–H groups in total. The van der Waals surface area contributed by atoms with Crippen molar-refractivity contribution in [2.75, 3.05) is 20.2 Å². The molecule has 0 amide bonds. The highest BCUT2D eigenvalue weighted by atomic mass is 16.5. The van der Waals surface area contributed by atoms with Crippen LogP contribution in [0.3, 0.4) is 0 Å². The van der Waals surface area contributed by atoms with Gasteiger partial charge in [0.05, 0.1) is 12.2 Å². The van der Waals surface area contributed by atoms with Gasteiger partial charge in [0.15, 0.2) is 0 Å². The molecule has 2 rings (SSSR count). The Hall–Kier alpha value is -0.120. The summed E-state index contributed by atoms with van der Waals surface area (Å²) in [5.41, 5.74) is 0. The lowest BCUT2D eigenvalue weighted by Crippen LogP contribution is -2.45. The van der Waals surface area contributed by atoms with Crippen molar-refractivity contribution in [3.05, 3.63) is 0 Å². The molecule has 1 heterocycles. The van der Waals surface area contributed by atoms with Gasteiger partial charge in [0.25, 0.3) is 0 Å². The third kappa shape index (κ3) is 3.21. The number of nitrogens with zero attached hydrogens (tertiary/aromatic N) is 1. The molecule has 17 heavy (non-hydrogen) atoms. The van der Waals surface area contributed by atoms with Gasteiger partial charge in [-0.2, -0.15) is 0 Å². The van der Waals surface area contributed by atoms with Crippen LogP contribution in [0.5, 0.6) is 0 Å². The van der Waals surface area contributed by atoms with Crippen LogP contribution in [-0.2, 0) is 4.74 Å². The zero-order chi connectivity index (χ0) is 12.3. The normalized spacial score (nSPS) is 37.2. The minimum atomic E-state index is -0.0628. The summed E-state index contributed by atoms with van der Waals surface area (Å²) in [5.74, 6) is 0.510. The van der Waals surface area contributed by atoms with Gasteiger partial charge in [-0.05, 0) is 39.2 Å². The van der Waals surface area contributed by atoms with Crippen molar-refractivity contribution in [2.45, 2.75) is 63.7 Å². The zero-order valence-electron chi connectivity index (χ0n) is 11.3. The van der Waals surface area contributed by atoms with E-state index in [0.717, 1.165) is 13.0 Å². The fourth-order valence-electron chi connectivity index (χ4n) is 3.56. The Kier molecular flexibility index (Phi) is 4.83. The Labute approximate surface area is 105 Å². The van der Waals surface area contributed by atoms with Crippen LogP contribution in [-0.4, -0.2) is 48.5 Å². The molecule has 1 saturated carbocycles. The van der Waals surface area contributed by atoms with Crippen molar-refractivity contribution in [3.63, 3.8) is 0 Å². The summed E-state index contributed by atoms with van der Waals surface area (Å²) in [6, 6.07) is 0.600. The summed E-state index contributed by atoms with van der Waals surface area (Å²) in [6.07, 6.45) is 7.51. The van der Waals surface area contributed by atoms with E-state index in [-0.39, 0.29) is 6.10 Å². The van der Waals surface area contributed by atoms with Gasteiger partial charge < -0.3 is 9.84 Å². The molecule has 4 unspecified atom stereocenters. The van der Waals surface area contributed by atoms with Crippen LogP contribution < -0.4 is 0 Å². The second-order valence-electron chi connectivity index (χ2n) is 5.77. The van der Waals surface area contributed by atoms with Gasteiger partial charge in [-0.15, -0.1) is 0 Å². The third-order valence-corrected chi connectivity index (χ3v) is 4.58. The van der Waals surface area contributed by atoms with Gasteiger partial charge in [-0.25, -0.2) is 0 Å². The Bertz CT molecular complexity index is 234. The number of rotatable bonds is 4. The number of methoxy groups -OCH3 is 1. The largest absolute Gasteiger partial charge is 0.393 e. The second kappa shape index (κ2) is 6.17. The van der Waals surface area contributed by atoms with E-state index in [9.17, 15) is 5.11 Å². The Balaban J connectivity index is 1.93. The highest BCUT2D eigenvalue weighted by Crippen LogP contribution is 2.34. The molecule has 0 spiro atoms. The van der Waals surface area contributed by atoms with Gasteiger partial charge in [0.1, 0.15) is 0 Å². The lowest BCUT2D eigenvalue weighted by atomic mass is 9.80. The zero-order valence-corrected chi connectivity index (χ0v) is 11.3. The molecule has 3 heteroatoms. The van der Waals surface area contributed by atoms with Crippen molar-refractivity contribution in [1.29, 1.82) is 0 Å². The summed E-state index contributed by atoms with van der Waals surface area (Å²) in [6.45, 7) is 4.33. The molecule has 1 aliphatic carbocycles. The number of likely N-dealkylation sites (tertiary alicyclic amines) is 1. The molecule has 2 aliphatic rings. The molecule has 0 aromatic heterocycles. The first kappa shape index (κ1) is 13.3. The fourth-order valence-corrected chi connectivity index (χ4v) is 3.56. The van der Waals surface area contributed by atoms with Crippen LogP contribution in [0, 0.1) is 5.92 Å². The van der Waals surface area contributed by atoms with E-state index >= 15 is 0 Å². The van der Waals surface area contributed by atoms with Crippen LogP contribution in [0.1, 0.15) is 45.4 Å². The average molecular weight is 241 g/mol. The van der Waals surface area contributed by atoms with Crippen LogP contribution in [0.2, 0.25) is 0 Å². The minimum absolute atomic E-state index is 0.0628. The maximum Gasteiger partial charge on any atom is 0.0670 e. The van der Waals surface area contributed by atoms with Crippen molar-refractivity contribution >= 4 is 0 Å². The first-order valence-corrected chi connectivity index (χ1v) is 7.17. The lowest BCUT2D eigenvalue weighted by Gasteiger charge is -2.38. The maximum atomic E-state index is 10.2. The van der Waals surface area contributed by atoms with Crippen molar-refractivity contribution in [2.24, 2.45) is 5.92 Å². The van der Waals surface area contributed by atoms with Crippen LogP contribution in [0.4, 0.5) is 0 Å². The van der Waals surface area contributed by atoms with Crippen LogP contribution in [0.15, 0.2) is 0 Å². The minimum Gasteiger partial charge on any atom is -0.393 e. The number of ether oxygens (including phenoxy) is 1. The van der Waals surface area contributed by atoms with Gasteiger partial charge in [-0.3, -0.25) is 4.90 Å². The van der Waals surface area contributed by atoms with E-state index in [1.54, 1.807) is 7.11 Å². The molecule has 0 aromatic rings. The number of hydrogen-bond donors (Lipinski definition) is 1. The van der Waals surface area contributed by atoms with Gasteiger partial charge >= 0.3 is 0 Å². The van der Waals surface area contributed by atoms with Gasteiger partial charge in [-0.1, -0.05) is 12.8 Å². The van der Waals surface area contributed by atoms with Gasteiger partial charge in [0, 0.05) is 25.6 Å². The van der Waals surface area contributed by atoms with E-state index in [1.165, 1.54) is 38.6 Å². The molecular weight excluding hydrogens is 214 g/mol. The van der Waals surface area contributed by atoms with E-state index in [2.05, 4.69) is 11.8 Å². The van der Waals surface area contributed by atoms with E-state index in [4.69, 9.17) is 4.74 Å². The van der Waals surface area contributed by atoms with Crippen molar-refractivity contribution < 1.29 is 9.84 Å². The molecule has 2 fully saturated rings. The molecule has 3 nitrogen and oxygen atoms in total. The Morgan fingerprint density at radius 1 is 1.24 bits per heavy atom. The Morgan fingerprint density at radius 2 is 2.00 bits per heavy atom. The van der Waals surface area contributed by atoms with Crippen molar-refractivity contribution in [1.82, 2.24) is 4.90 Å². The summed E-state index contributed by atoms with van der Waals surface area (Å²) < 4.78 is 5.37. The highest BCUT2D eigenvalue weighted by molar-refractivity contribution is 4.90. The smallest absolute Gasteiger partial charge is 0.0670 e. The number of aliphatic hydroxyl groups excluding tert-OH is 1. The van der Waals surface area contributed by atoms with Gasteiger partial charge in [0.2, 0.25) is 0 Å². The van der Waals surface area contributed by atoms with Crippen LogP contribution >= 0.6 is 0 Å². The molecule has 0 radical (unpaired) electrons. The number of aliphatic hydroxyl groups is 1. The molecule has 4 atom stereocenters. The third-order valence-electron chi connectivity index (χ3n) is 4.58. The summed E-state index contributed by atoms with van der Waals surface area (Å²) in [7, 11) is 1.78. The average Bonchev–Trinajstić information content (AvgIpc) is 2.77. The molecule has 100 valence electrons. The topological polar surface area (TPSA) is 32.7 Å². The lowest BCUT2D eigenvalue weighted by molar-refractivity contribution is 0.00483. The van der Waals surface area contributed by atoms with E-state index < -0.39 is 0 Å². The molecule has 1 aliphatic heterocycles. The summed E-state index contributed by atoms with van der Waals surface area (Å²) in [5, 5.41) is 10.2. The highest BCUT2D eigenvalue weighted by Gasteiger charge is 2.37. The molecule has 1 saturated heterocycles. The standard InChI is InChI=1S/C14H27NO2/c1-11(17-2)10-15-9-5-7-13(15)12-6-3-4-8-14(12)16/h11-14,16H,3-10H2,1-2H3. The summed E-state index contributed by atoms with van der Waals surface area (Å²) >= 11 is 0. The monoisotopic (exact) mass is 241 g/mol. The maximum absolute atomic E-state index is 10.2. The predicted octanol–water partition coefficient (Wildman–Crippen LogP) is 2.04. The van der Waals surface area contributed by atoms with Crippen molar-refractivity contribution in [3.8, 4) is 0 Å². The Morgan fingerprint density at radius 3 is 2.71 bits per heavy atom. The first-order chi connectivity index (χ1) is 8.22. The van der Waals surface area contributed by atoms with Crippen LogP contribution in [0.25, 0.3) is 0 Å². The second-order valence-corrected chi connectivity index (χ2v) is 5.77. The quantitative estimate of drug-likeness (QED) is 0.817. The molecule has 0 bridgehead atoms. The molecular formula is C14H27NO2. The molecule has 0 aromatic carbocycles.